The highest BCUT2D eigenvalue weighted by Crippen LogP contribution is 2.29. The van der Waals surface area contributed by atoms with Crippen LogP contribution in [0.5, 0.6) is 0 Å². The second-order valence-corrected chi connectivity index (χ2v) is 15.7. The van der Waals surface area contributed by atoms with Crippen molar-refractivity contribution in [2.45, 2.75) is 77.0 Å². The van der Waals surface area contributed by atoms with Crippen molar-refractivity contribution in [1.29, 1.82) is 0 Å². The van der Waals surface area contributed by atoms with Gasteiger partial charge in [-0.15, -0.1) is 0 Å². The Morgan fingerprint density at radius 1 is 1.29 bits per heavy atom. The lowest BCUT2D eigenvalue weighted by Gasteiger charge is -2.27. The molecule has 0 bridgehead atoms. The first-order chi connectivity index (χ1) is 15.8. The first-order valence-corrected chi connectivity index (χ1v) is 15.1. The van der Waals surface area contributed by atoms with Crippen LogP contribution in [0.4, 0.5) is 5.69 Å². The van der Waals surface area contributed by atoms with Crippen molar-refractivity contribution < 1.29 is 33.4 Å². The molecule has 2 rings (SSSR count). The van der Waals surface area contributed by atoms with Crippen molar-refractivity contribution in [3.05, 3.63) is 52.1 Å². The number of benzene rings is 1. The van der Waals surface area contributed by atoms with Crippen molar-refractivity contribution in [3.63, 3.8) is 0 Å². The van der Waals surface area contributed by atoms with Crippen LogP contribution in [0.25, 0.3) is 0 Å². The SMILES string of the molecule is C=C(C[C@H](OC(=O)c1ccc([N+](=O)[O-])cc1)[C@@H]1COC(C)(C)O1)[C@@H](C)OCOCC[Si](C)(C)C. The third kappa shape index (κ3) is 9.26. The predicted molar refractivity (Wildman–Crippen MR) is 130 cm³/mol. The van der Waals surface area contributed by atoms with Gasteiger partial charge in [-0.05, 0) is 44.5 Å². The Hall–Kier alpha value is -2.11. The molecule has 0 aromatic heterocycles. The molecule has 9 nitrogen and oxygen atoms in total. The third-order valence-electron chi connectivity index (χ3n) is 5.45. The van der Waals surface area contributed by atoms with Gasteiger partial charge in [-0.2, -0.15) is 0 Å². The summed E-state index contributed by atoms with van der Waals surface area (Å²) in [7, 11) is -1.16. The lowest BCUT2D eigenvalue weighted by molar-refractivity contribution is -0.384. The fourth-order valence-corrected chi connectivity index (χ4v) is 3.96. The Kier molecular flexibility index (Phi) is 9.95. The number of hydrogen-bond acceptors (Lipinski definition) is 8. The van der Waals surface area contributed by atoms with Crippen LogP contribution in [-0.4, -0.2) is 63.1 Å². The number of ether oxygens (including phenoxy) is 5. The van der Waals surface area contributed by atoms with Gasteiger partial charge in [-0.3, -0.25) is 10.1 Å². The summed E-state index contributed by atoms with van der Waals surface area (Å²) in [4.78, 5) is 23.1. The monoisotopic (exact) mass is 495 g/mol. The number of nitro groups is 1. The molecule has 1 aliphatic heterocycles. The van der Waals surface area contributed by atoms with E-state index in [0.29, 0.717) is 13.0 Å². The Morgan fingerprint density at radius 2 is 1.94 bits per heavy atom. The molecule has 0 spiro atoms. The molecule has 1 aliphatic rings. The smallest absolute Gasteiger partial charge is 0.338 e. The molecule has 10 heteroatoms. The van der Waals surface area contributed by atoms with Crippen LogP contribution < -0.4 is 0 Å². The summed E-state index contributed by atoms with van der Waals surface area (Å²) < 4.78 is 28.7. The van der Waals surface area contributed by atoms with E-state index in [1.165, 1.54) is 24.3 Å². The Bertz CT molecular complexity index is 850. The molecule has 1 fully saturated rings. The predicted octanol–water partition coefficient (Wildman–Crippen LogP) is 4.94. The number of esters is 1. The van der Waals surface area contributed by atoms with Crippen LogP contribution >= 0.6 is 0 Å². The summed E-state index contributed by atoms with van der Waals surface area (Å²) in [6.07, 6.45) is -1.17. The van der Waals surface area contributed by atoms with Gasteiger partial charge < -0.3 is 23.7 Å². The molecule has 0 unspecified atom stereocenters. The average Bonchev–Trinajstić information content (AvgIpc) is 3.11. The molecule has 190 valence electrons. The molecule has 0 aliphatic carbocycles. The molecular formula is C24H37NO8Si. The summed E-state index contributed by atoms with van der Waals surface area (Å²) in [5, 5.41) is 10.9. The van der Waals surface area contributed by atoms with Crippen molar-refractivity contribution in [2.75, 3.05) is 20.0 Å². The van der Waals surface area contributed by atoms with Crippen LogP contribution in [0.2, 0.25) is 25.7 Å². The maximum atomic E-state index is 12.8. The van der Waals surface area contributed by atoms with Crippen molar-refractivity contribution in [3.8, 4) is 0 Å². The van der Waals surface area contributed by atoms with E-state index in [0.717, 1.165) is 11.6 Å². The second-order valence-electron chi connectivity index (χ2n) is 10.1. The molecule has 1 aromatic rings. The molecule has 1 heterocycles. The summed E-state index contributed by atoms with van der Waals surface area (Å²) in [6.45, 7) is 17.5. The third-order valence-corrected chi connectivity index (χ3v) is 7.16. The van der Waals surface area contributed by atoms with Gasteiger partial charge in [0, 0.05) is 33.2 Å². The number of nitrogens with zero attached hydrogens (tertiary/aromatic N) is 1. The molecule has 34 heavy (non-hydrogen) atoms. The number of hydrogen-bond donors (Lipinski definition) is 0. The van der Waals surface area contributed by atoms with Crippen molar-refractivity contribution in [1.82, 2.24) is 0 Å². The van der Waals surface area contributed by atoms with Gasteiger partial charge in [0.15, 0.2) is 5.79 Å². The van der Waals surface area contributed by atoms with E-state index in [1.807, 2.05) is 6.92 Å². The van der Waals surface area contributed by atoms with E-state index in [-0.39, 0.29) is 30.8 Å². The van der Waals surface area contributed by atoms with Crippen LogP contribution in [0.1, 0.15) is 37.6 Å². The zero-order valence-electron chi connectivity index (χ0n) is 21.0. The van der Waals surface area contributed by atoms with E-state index >= 15 is 0 Å². The Labute approximate surface area is 202 Å². The molecule has 1 saturated heterocycles. The van der Waals surface area contributed by atoms with Crippen LogP contribution in [0, 0.1) is 10.1 Å². The number of carbonyl (C=O) groups excluding carboxylic acids is 1. The normalized spacial score (nSPS) is 19.4. The maximum absolute atomic E-state index is 12.8. The fraction of sp³-hybridized carbons (Fsp3) is 0.625. The number of non-ortho nitro benzene ring substituents is 1. The van der Waals surface area contributed by atoms with E-state index in [1.54, 1.807) is 13.8 Å². The standard InChI is InChI=1S/C24H37NO8Si/c1-17(18(2)30-16-29-12-13-34(5,6)7)14-21(22-15-31-24(3,4)33-22)32-23(26)19-8-10-20(11-9-19)25(27)28/h8-11,18,21-22H,1,12-16H2,2-7H3/t18-,21+,22+/m1/s1. The molecular weight excluding hydrogens is 458 g/mol. The molecule has 0 N–H and O–H groups in total. The van der Waals surface area contributed by atoms with Crippen molar-refractivity contribution in [2.24, 2.45) is 0 Å². The van der Waals surface area contributed by atoms with E-state index in [2.05, 4.69) is 26.2 Å². The van der Waals surface area contributed by atoms with Gasteiger partial charge in [-0.1, -0.05) is 26.2 Å². The Balaban J connectivity index is 1.98. The lowest BCUT2D eigenvalue weighted by Crippen LogP contribution is -2.36. The molecule has 3 atom stereocenters. The minimum Gasteiger partial charge on any atom is -0.456 e. The zero-order valence-corrected chi connectivity index (χ0v) is 22.0. The maximum Gasteiger partial charge on any atom is 0.338 e. The van der Waals surface area contributed by atoms with E-state index < -0.39 is 37.0 Å². The largest absolute Gasteiger partial charge is 0.456 e. The summed E-state index contributed by atoms with van der Waals surface area (Å²) in [6, 6.07) is 6.32. The molecule has 0 amide bonds. The summed E-state index contributed by atoms with van der Waals surface area (Å²) in [5.41, 5.74) is 0.830. The zero-order chi connectivity index (χ0) is 25.5. The highest BCUT2D eigenvalue weighted by atomic mass is 28.3. The second kappa shape index (κ2) is 12.0. The van der Waals surface area contributed by atoms with Crippen LogP contribution in [-0.2, 0) is 23.7 Å². The quantitative estimate of drug-likeness (QED) is 0.0721. The lowest BCUT2D eigenvalue weighted by atomic mass is 10.0. The van der Waals surface area contributed by atoms with Gasteiger partial charge in [0.1, 0.15) is 19.0 Å². The van der Waals surface area contributed by atoms with Gasteiger partial charge in [0.2, 0.25) is 0 Å². The van der Waals surface area contributed by atoms with Gasteiger partial charge in [0.05, 0.1) is 23.2 Å². The van der Waals surface area contributed by atoms with Crippen LogP contribution in [0.15, 0.2) is 36.4 Å². The minimum absolute atomic E-state index is 0.103. The first-order valence-electron chi connectivity index (χ1n) is 11.4. The molecule has 1 aromatic carbocycles. The van der Waals surface area contributed by atoms with Gasteiger partial charge in [0.25, 0.3) is 5.69 Å². The number of rotatable bonds is 13. The highest BCUT2D eigenvalue weighted by molar-refractivity contribution is 6.76. The fourth-order valence-electron chi connectivity index (χ4n) is 3.20. The van der Waals surface area contributed by atoms with Crippen LogP contribution in [0.3, 0.4) is 0 Å². The topological polar surface area (TPSA) is 106 Å². The molecule has 0 radical (unpaired) electrons. The van der Waals surface area contributed by atoms with Gasteiger partial charge in [-0.25, -0.2) is 4.79 Å². The van der Waals surface area contributed by atoms with E-state index in [4.69, 9.17) is 23.7 Å². The summed E-state index contributed by atoms with van der Waals surface area (Å²) >= 11 is 0. The average molecular weight is 496 g/mol. The van der Waals surface area contributed by atoms with E-state index in [9.17, 15) is 14.9 Å². The van der Waals surface area contributed by atoms with Gasteiger partial charge >= 0.3 is 5.97 Å². The number of nitro benzene ring substituents is 1. The number of carbonyl (C=O) groups is 1. The molecule has 0 saturated carbocycles. The first kappa shape index (κ1) is 28.1. The highest BCUT2D eigenvalue weighted by Gasteiger charge is 2.40. The summed E-state index contributed by atoms with van der Waals surface area (Å²) in [5.74, 6) is -1.40. The van der Waals surface area contributed by atoms with Crippen molar-refractivity contribution >= 4 is 19.7 Å². The Morgan fingerprint density at radius 3 is 2.47 bits per heavy atom. The minimum atomic E-state index is -1.16.